The van der Waals surface area contributed by atoms with E-state index >= 15 is 0 Å². The van der Waals surface area contributed by atoms with Crippen LogP contribution in [0.15, 0.2) is 75.5 Å². The zero-order chi connectivity index (χ0) is 24.2. The average molecular weight is 534 g/mol. The molecule has 0 amide bonds. The van der Waals surface area contributed by atoms with Crippen LogP contribution in [0.1, 0.15) is 0 Å². The number of aromatic nitrogens is 1. The zero-order valence-corrected chi connectivity index (χ0v) is 21.7. The van der Waals surface area contributed by atoms with Crippen LogP contribution in [-0.4, -0.2) is 43.9 Å². The maximum absolute atomic E-state index is 12.1. The van der Waals surface area contributed by atoms with Gasteiger partial charge in [0.05, 0.1) is 10.4 Å². The Bertz CT molecular complexity index is 1770. The summed E-state index contributed by atoms with van der Waals surface area (Å²) in [6.07, 6.45) is 1.47. The van der Waals surface area contributed by atoms with Gasteiger partial charge in [0.2, 0.25) is 0 Å². The Balaban J connectivity index is 0.00000324. The van der Waals surface area contributed by atoms with Gasteiger partial charge in [0.1, 0.15) is 9.79 Å². The van der Waals surface area contributed by atoms with Crippen molar-refractivity contribution in [2.45, 2.75) is 14.7 Å². The molecule has 1 heterocycles. The maximum Gasteiger partial charge on any atom is 1.00 e. The summed E-state index contributed by atoms with van der Waals surface area (Å²) in [5.41, 5.74) is 0.981. The first-order valence-electron chi connectivity index (χ1n) is 8.91. The molecular weight excluding hydrogens is 519 g/mol. The van der Waals surface area contributed by atoms with Gasteiger partial charge in [-0.1, -0.05) is 18.2 Å². The van der Waals surface area contributed by atoms with Crippen LogP contribution in [0.4, 0.5) is 11.4 Å². The van der Waals surface area contributed by atoms with Gasteiger partial charge in [-0.3, -0.25) is 18.6 Å². The van der Waals surface area contributed by atoms with Gasteiger partial charge in [-0.15, -0.1) is 0 Å². The minimum absolute atomic E-state index is 0. The topological polar surface area (TPSA) is 188 Å². The summed E-state index contributed by atoms with van der Waals surface area (Å²) >= 11 is 0. The number of pyridine rings is 1. The molecule has 0 aliphatic heterocycles. The Labute approximate surface area is 216 Å². The molecule has 3 aromatic carbocycles. The number of fused-ring (bicyclic) bond motifs is 2. The van der Waals surface area contributed by atoms with E-state index < -0.39 is 55.8 Å². The van der Waals surface area contributed by atoms with E-state index in [2.05, 4.69) is 10.3 Å². The fourth-order valence-corrected chi connectivity index (χ4v) is 5.47. The van der Waals surface area contributed by atoms with Gasteiger partial charge in [-0.05, 0) is 36.4 Å². The van der Waals surface area contributed by atoms with Gasteiger partial charge < -0.3 is 5.32 Å². The van der Waals surface area contributed by atoms with Gasteiger partial charge in [0.15, 0.2) is 0 Å². The molecule has 0 radical (unpaired) electrons. The van der Waals surface area contributed by atoms with E-state index in [1.54, 1.807) is 30.3 Å². The summed E-state index contributed by atoms with van der Waals surface area (Å²) in [5, 5.41) is 2.56. The molecule has 4 rings (SSSR count). The smallest absolute Gasteiger partial charge is 0.354 e. The van der Waals surface area contributed by atoms with Crippen LogP contribution < -0.4 is 34.9 Å². The van der Waals surface area contributed by atoms with Crippen LogP contribution in [0.5, 0.6) is 0 Å². The summed E-state index contributed by atoms with van der Waals surface area (Å²) in [7, 11) is -15.1. The number of anilines is 2. The molecule has 15 heteroatoms. The van der Waals surface area contributed by atoms with Crippen molar-refractivity contribution in [2.75, 3.05) is 5.32 Å². The Morgan fingerprint density at radius 1 is 0.676 bits per heavy atom. The Morgan fingerprint density at radius 3 is 1.94 bits per heavy atom. The second-order valence-electron chi connectivity index (χ2n) is 6.88. The molecule has 172 valence electrons. The molecule has 0 saturated carbocycles. The van der Waals surface area contributed by atoms with Crippen molar-refractivity contribution in [2.24, 2.45) is 0 Å². The Hall–Kier alpha value is -2.14. The van der Waals surface area contributed by atoms with Crippen LogP contribution in [0, 0.1) is 0 Å². The summed E-state index contributed by atoms with van der Waals surface area (Å²) < 4.78 is 100. The summed E-state index contributed by atoms with van der Waals surface area (Å²) in [6.45, 7) is 0. The van der Waals surface area contributed by atoms with E-state index in [0.717, 1.165) is 12.1 Å². The van der Waals surface area contributed by atoms with Crippen LogP contribution in [0.3, 0.4) is 0 Å². The number of hydrogen-bond donors (Lipinski definition) is 4. The van der Waals surface area contributed by atoms with E-state index in [1.807, 2.05) is 0 Å². The fraction of sp³-hybridized carbons (Fsp3) is 0. The zero-order valence-electron chi connectivity index (χ0n) is 17.2. The SMILES string of the molecule is O=S(=O)(O)c1cc(S(=O)(=O)O)c2c(Nc3ccnc4ccccc34)ccc(S(=O)(=O)O)c2c1.[Na+]. The summed E-state index contributed by atoms with van der Waals surface area (Å²) in [6, 6.07) is 11.7. The molecule has 0 saturated heterocycles. The van der Waals surface area contributed by atoms with Gasteiger partial charge >= 0.3 is 29.6 Å². The van der Waals surface area contributed by atoms with E-state index in [1.165, 1.54) is 6.20 Å². The molecule has 11 nitrogen and oxygen atoms in total. The third kappa shape index (κ3) is 5.10. The first-order chi connectivity index (χ1) is 15.3. The maximum atomic E-state index is 12.1. The van der Waals surface area contributed by atoms with Gasteiger partial charge in [-0.25, -0.2) is 0 Å². The summed E-state index contributed by atoms with van der Waals surface area (Å²) in [5.74, 6) is 0. The third-order valence-electron chi connectivity index (χ3n) is 4.78. The summed E-state index contributed by atoms with van der Waals surface area (Å²) in [4.78, 5) is 1.37. The molecule has 0 spiro atoms. The monoisotopic (exact) mass is 533 g/mol. The molecule has 0 bridgehead atoms. The van der Waals surface area contributed by atoms with E-state index in [9.17, 15) is 38.9 Å². The van der Waals surface area contributed by atoms with Crippen molar-refractivity contribution in [1.82, 2.24) is 4.98 Å². The number of nitrogens with zero attached hydrogens (tertiary/aromatic N) is 1. The fourth-order valence-electron chi connectivity index (χ4n) is 3.43. The van der Waals surface area contributed by atoms with Crippen LogP contribution >= 0.6 is 0 Å². The van der Waals surface area contributed by atoms with Gasteiger partial charge in [0.25, 0.3) is 30.4 Å². The molecule has 1 aromatic heterocycles. The average Bonchev–Trinajstić information content (AvgIpc) is 2.71. The van der Waals surface area contributed by atoms with Crippen LogP contribution in [0.25, 0.3) is 21.7 Å². The minimum atomic E-state index is -5.14. The van der Waals surface area contributed by atoms with Gasteiger partial charge in [0, 0.05) is 33.7 Å². The second-order valence-corrected chi connectivity index (χ2v) is 11.1. The molecule has 0 unspecified atom stereocenters. The van der Waals surface area contributed by atoms with Crippen LogP contribution in [-0.2, 0) is 30.4 Å². The van der Waals surface area contributed by atoms with Crippen molar-refractivity contribution < 1.29 is 68.5 Å². The van der Waals surface area contributed by atoms with E-state index in [0.29, 0.717) is 28.7 Å². The minimum Gasteiger partial charge on any atom is -0.354 e. The van der Waals surface area contributed by atoms with E-state index in [4.69, 9.17) is 0 Å². The number of nitrogens with one attached hydrogen (secondary N) is 1. The first-order valence-corrected chi connectivity index (χ1v) is 13.2. The van der Waals surface area contributed by atoms with Crippen molar-refractivity contribution in [3.05, 3.63) is 60.8 Å². The number of benzene rings is 3. The number of hydrogen-bond acceptors (Lipinski definition) is 8. The van der Waals surface area contributed by atoms with E-state index in [-0.39, 0.29) is 35.2 Å². The second kappa shape index (κ2) is 9.14. The number of rotatable bonds is 5. The Kier molecular flexibility index (Phi) is 7.12. The van der Waals surface area contributed by atoms with Crippen molar-refractivity contribution >= 4 is 63.4 Å². The molecule has 34 heavy (non-hydrogen) atoms. The van der Waals surface area contributed by atoms with Crippen molar-refractivity contribution in [3.63, 3.8) is 0 Å². The first kappa shape index (κ1) is 26.5. The van der Waals surface area contributed by atoms with Crippen LogP contribution in [0.2, 0.25) is 0 Å². The third-order valence-corrected chi connectivity index (χ3v) is 7.40. The van der Waals surface area contributed by atoms with Gasteiger partial charge in [-0.2, -0.15) is 25.3 Å². The van der Waals surface area contributed by atoms with Crippen molar-refractivity contribution in [3.8, 4) is 0 Å². The normalized spacial score (nSPS) is 12.4. The molecule has 4 N–H and O–H groups in total. The molecule has 0 atom stereocenters. The molecule has 0 aliphatic rings. The standard InChI is InChI=1S/C19H14N2O9S3.Na/c22-31(23,24)11-9-13-17(32(25,26)27)6-5-16(19(13)18(10-11)33(28,29)30)21-15-7-8-20-14-4-2-1-3-12(14)15;/h1-10H,(H,20,21)(H,22,23,24)(H,25,26,27)(H,28,29,30);/q;+1. The Morgan fingerprint density at radius 2 is 1.32 bits per heavy atom. The largest absolute Gasteiger partial charge is 1.00 e. The molecular formula is C19H14N2NaO9S3+. The van der Waals surface area contributed by atoms with Crippen molar-refractivity contribution in [1.29, 1.82) is 0 Å². The number of para-hydroxylation sites is 1. The predicted molar refractivity (Wildman–Crippen MR) is 118 cm³/mol. The predicted octanol–water partition coefficient (Wildman–Crippen LogP) is -0.124. The quantitative estimate of drug-likeness (QED) is 0.198. The molecule has 0 fully saturated rings. The molecule has 4 aromatic rings. The molecule has 0 aliphatic carbocycles.